The van der Waals surface area contributed by atoms with Gasteiger partial charge in [-0.15, -0.1) is 0 Å². The number of nitrogens with zero attached hydrogens (tertiary/aromatic N) is 3. The molecule has 1 aliphatic rings. The van der Waals surface area contributed by atoms with Crippen LogP contribution in [0.15, 0.2) is 28.8 Å². The number of benzene rings is 1. The standard InChI is InChI=1S/C20H26N4O3/c1-3-6-18-22-17(23-27-18)13-24(4-2)20(26)15-9-11-16(12-10-15)21-19(25)14-7-5-8-14/h9-12,14H,3-8,13H2,1-2H3,(H,21,25). The highest BCUT2D eigenvalue weighted by Gasteiger charge is 2.25. The van der Waals surface area contributed by atoms with Crippen LogP contribution in [0.5, 0.6) is 0 Å². The molecule has 0 unspecified atom stereocenters. The molecule has 1 saturated carbocycles. The van der Waals surface area contributed by atoms with Crippen LogP contribution in [0.25, 0.3) is 0 Å². The summed E-state index contributed by atoms with van der Waals surface area (Å²) >= 11 is 0. The molecule has 1 aromatic heterocycles. The highest BCUT2D eigenvalue weighted by atomic mass is 16.5. The molecule has 3 rings (SSSR count). The van der Waals surface area contributed by atoms with Gasteiger partial charge in [-0.3, -0.25) is 9.59 Å². The maximum atomic E-state index is 12.8. The zero-order chi connectivity index (χ0) is 19.2. The van der Waals surface area contributed by atoms with Crippen molar-refractivity contribution in [1.82, 2.24) is 15.0 Å². The van der Waals surface area contributed by atoms with Crippen LogP contribution in [0.1, 0.15) is 61.6 Å². The number of carbonyl (C=O) groups is 2. The molecule has 144 valence electrons. The van der Waals surface area contributed by atoms with E-state index in [1.807, 2.05) is 13.8 Å². The predicted octanol–water partition coefficient (Wildman–Crippen LogP) is 3.42. The van der Waals surface area contributed by atoms with Gasteiger partial charge in [0.05, 0.1) is 6.54 Å². The first-order valence-electron chi connectivity index (χ1n) is 9.62. The van der Waals surface area contributed by atoms with Crippen LogP contribution in [-0.4, -0.2) is 33.4 Å². The minimum Gasteiger partial charge on any atom is -0.339 e. The summed E-state index contributed by atoms with van der Waals surface area (Å²) in [6, 6.07) is 7.01. The fourth-order valence-electron chi connectivity index (χ4n) is 2.96. The van der Waals surface area contributed by atoms with Gasteiger partial charge < -0.3 is 14.7 Å². The van der Waals surface area contributed by atoms with E-state index < -0.39 is 0 Å². The van der Waals surface area contributed by atoms with E-state index in [0.29, 0.717) is 36.1 Å². The van der Waals surface area contributed by atoms with Crippen molar-refractivity contribution < 1.29 is 14.1 Å². The van der Waals surface area contributed by atoms with Crippen molar-refractivity contribution in [3.63, 3.8) is 0 Å². The summed E-state index contributed by atoms with van der Waals surface area (Å²) in [5.74, 6) is 1.21. The highest BCUT2D eigenvalue weighted by Crippen LogP contribution is 2.27. The third-order valence-electron chi connectivity index (χ3n) is 4.85. The molecule has 0 atom stereocenters. The van der Waals surface area contributed by atoms with E-state index >= 15 is 0 Å². The third kappa shape index (κ3) is 4.72. The van der Waals surface area contributed by atoms with Crippen LogP contribution in [0, 0.1) is 5.92 Å². The molecule has 2 amide bonds. The Morgan fingerprint density at radius 1 is 1.22 bits per heavy atom. The van der Waals surface area contributed by atoms with Crippen LogP contribution in [-0.2, 0) is 17.8 Å². The Balaban J connectivity index is 1.61. The second kappa shape index (κ2) is 8.79. The Hall–Kier alpha value is -2.70. The quantitative estimate of drug-likeness (QED) is 0.769. The van der Waals surface area contributed by atoms with Gasteiger partial charge >= 0.3 is 0 Å². The van der Waals surface area contributed by atoms with E-state index in [0.717, 1.165) is 32.1 Å². The van der Waals surface area contributed by atoms with Gasteiger partial charge in [0.1, 0.15) is 0 Å². The largest absolute Gasteiger partial charge is 0.339 e. The molecule has 1 fully saturated rings. The number of aryl methyl sites for hydroxylation is 1. The van der Waals surface area contributed by atoms with Crippen molar-refractivity contribution in [1.29, 1.82) is 0 Å². The number of hydrogen-bond acceptors (Lipinski definition) is 5. The topological polar surface area (TPSA) is 88.3 Å². The fraction of sp³-hybridized carbons (Fsp3) is 0.500. The molecule has 0 radical (unpaired) electrons. The molecule has 1 N–H and O–H groups in total. The molecular formula is C20H26N4O3. The Bertz CT molecular complexity index is 781. The third-order valence-corrected chi connectivity index (χ3v) is 4.85. The van der Waals surface area contributed by atoms with Crippen LogP contribution in [0.2, 0.25) is 0 Å². The second-order valence-corrected chi connectivity index (χ2v) is 6.87. The molecule has 0 bridgehead atoms. The first-order valence-corrected chi connectivity index (χ1v) is 9.62. The number of rotatable bonds is 8. The molecule has 0 aliphatic heterocycles. The minimum atomic E-state index is -0.101. The normalized spacial score (nSPS) is 13.9. The average Bonchev–Trinajstić information content (AvgIpc) is 3.06. The molecule has 1 aliphatic carbocycles. The van der Waals surface area contributed by atoms with Crippen molar-refractivity contribution in [2.45, 2.75) is 52.5 Å². The number of nitrogens with one attached hydrogen (secondary N) is 1. The number of amides is 2. The second-order valence-electron chi connectivity index (χ2n) is 6.87. The Morgan fingerprint density at radius 2 is 1.96 bits per heavy atom. The molecule has 7 nitrogen and oxygen atoms in total. The molecule has 1 aromatic carbocycles. The van der Waals surface area contributed by atoms with Crippen LogP contribution < -0.4 is 5.32 Å². The van der Waals surface area contributed by atoms with E-state index in [2.05, 4.69) is 15.5 Å². The Morgan fingerprint density at radius 3 is 2.56 bits per heavy atom. The zero-order valence-electron chi connectivity index (χ0n) is 15.9. The maximum absolute atomic E-state index is 12.8. The smallest absolute Gasteiger partial charge is 0.254 e. The lowest BCUT2D eigenvalue weighted by atomic mass is 9.85. The maximum Gasteiger partial charge on any atom is 0.254 e. The average molecular weight is 370 g/mol. The number of anilines is 1. The van der Waals surface area contributed by atoms with Gasteiger partial charge in [-0.1, -0.05) is 18.5 Å². The molecule has 1 heterocycles. The van der Waals surface area contributed by atoms with Crippen LogP contribution >= 0.6 is 0 Å². The van der Waals surface area contributed by atoms with E-state index in [-0.39, 0.29) is 17.7 Å². The number of aromatic nitrogens is 2. The predicted molar refractivity (Wildman–Crippen MR) is 101 cm³/mol. The van der Waals surface area contributed by atoms with Crippen molar-refractivity contribution in [2.75, 3.05) is 11.9 Å². The minimum absolute atomic E-state index is 0.0653. The SMILES string of the molecule is CCCc1nc(CN(CC)C(=O)c2ccc(NC(=O)C3CCC3)cc2)no1. The summed E-state index contributed by atoms with van der Waals surface area (Å²) in [6.07, 6.45) is 4.72. The van der Waals surface area contributed by atoms with Gasteiger partial charge in [0.2, 0.25) is 11.8 Å². The molecular weight excluding hydrogens is 344 g/mol. The Kier molecular flexibility index (Phi) is 6.21. The van der Waals surface area contributed by atoms with E-state index in [4.69, 9.17) is 4.52 Å². The van der Waals surface area contributed by atoms with Crippen LogP contribution in [0.3, 0.4) is 0 Å². The summed E-state index contributed by atoms with van der Waals surface area (Å²) in [7, 11) is 0. The Labute approximate surface area is 159 Å². The van der Waals surface area contributed by atoms with Gasteiger partial charge in [0.25, 0.3) is 5.91 Å². The van der Waals surface area contributed by atoms with Crippen molar-refractivity contribution >= 4 is 17.5 Å². The molecule has 0 spiro atoms. The molecule has 2 aromatic rings. The summed E-state index contributed by atoms with van der Waals surface area (Å²) in [5.41, 5.74) is 1.28. The van der Waals surface area contributed by atoms with E-state index in [1.165, 1.54) is 0 Å². The van der Waals surface area contributed by atoms with Gasteiger partial charge in [-0.2, -0.15) is 4.98 Å². The number of hydrogen-bond donors (Lipinski definition) is 1. The summed E-state index contributed by atoms with van der Waals surface area (Å²) in [5, 5.41) is 6.86. The lowest BCUT2D eigenvalue weighted by Crippen LogP contribution is -2.31. The van der Waals surface area contributed by atoms with Crippen molar-refractivity contribution in [2.24, 2.45) is 5.92 Å². The summed E-state index contributed by atoms with van der Waals surface area (Å²) in [4.78, 5) is 30.8. The van der Waals surface area contributed by atoms with Gasteiger partial charge in [0, 0.05) is 30.1 Å². The first-order chi connectivity index (χ1) is 13.1. The van der Waals surface area contributed by atoms with Crippen molar-refractivity contribution in [3.8, 4) is 0 Å². The zero-order valence-corrected chi connectivity index (χ0v) is 15.9. The van der Waals surface area contributed by atoms with Gasteiger partial charge in [0.15, 0.2) is 5.82 Å². The lowest BCUT2D eigenvalue weighted by Gasteiger charge is -2.24. The summed E-state index contributed by atoms with van der Waals surface area (Å²) in [6.45, 7) is 4.81. The van der Waals surface area contributed by atoms with E-state index in [1.54, 1.807) is 29.2 Å². The number of carbonyl (C=O) groups excluding carboxylic acids is 2. The first kappa shape index (κ1) is 19.1. The lowest BCUT2D eigenvalue weighted by molar-refractivity contribution is -0.122. The molecule has 27 heavy (non-hydrogen) atoms. The van der Waals surface area contributed by atoms with Gasteiger partial charge in [-0.05, 0) is 50.5 Å². The van der Waals surface area contributed by atoms with E-state index in [9.17, 15) is 9.59 Å². The van der Waals surface area contributed by atoms with Gasteiger partial charge in [-0.25, -0.2) is 0 Å². The van der Waals surface area contributed by atoms with Crippen LogP contribution in [0.4, 0.5) is 5.69 Å². The molecule has 7 heteroatoms. The monoisotopic (exact) mass is 370 g/mol. The van der Waals surface area contributed by atoms with Crippen molar-refractivity contribution in [3.05, 3.63) is 41.5 Å². The fourth-order valence-corrected chi connectivity index (χ4v) is 2.96. The summed E-state index contributed by atoms with van der Waals surface area (Å²) < 4.78 is 5.18. The molecule has 0 saturated heterocycles. The highest BCUT2D eigenvalue weighted by molar-refractivity contribution is 5.96.